The quantitative estimate of drug-likeness (QED) is 0.180. The number of nitrogens with one attached hydrogen (secondary N) is 4. The number of hydrogen-bond acceptors (Lipinski definition) is 11. The molecule has 0 aliphatic rings. The second-order valence-electron chi connectivity index (χ2n) is 10.6. The van der Waals surface area contributed by atoms with Crippen molar-refractivity contribution in [2.75, 3.05) is 36.8 Å². The van der Waals surface area contributed by atoms with E-state index >= 15 is 0 Å². The maximum absolute atomic E-state index is 12.3. The predicted molar refractivity (Wildman–Crippen MR) is 159 cm³/mol. The van der Waals surface area contributed by atoms with E-state index in [9.17, 15) is 10.1 Å². The molecule has 12 nitrogen and oxygen atoms in total. The van der Waals surface area contributed by atoms with Crippen molar-refractivity contribution < 1.29 is 19.0 Å². The SMILES string of the molecule is COc1cc(Nc2nc(NCC(C)(C)NC(=O)OC(C)(C)C)nc(NN=Cc3ccccc3)c2C#N)cc(OC)c1. The monoisotopic (exact) mass is 560 g/mol. The van der Waals surface area contributed by atoms with Gasteiger partial charge in [0, 0.05) is 30.4 Å². The molecular formula is C29H36N8O4. The van der Waals surface area contributed by atoms with Crippen LogP contribution < -0.4 is 30.8 Å². The molecule has 12 heteroatoms. The molecule has 1 aromatic heterocycles. The van der Waals surface area contributed by atoms with E-state index in [2.05, 4.69) is 42.5 Å². The molecule has 2 aromatic carbocycles. The van der Waals surface area contributed by atoms with E-state index < -0.39 is 17.2 Å². The molecule has 0 bridgehead atoms. The van der Waals surface area contributed by atoms with Crippen molar-refractivity contribution in [3.63, 3.8) is 0 Å². The van der Waals surface area contributed by atoms with Gasteiger partial charge >= 0.3 is 6.09 Å². The molecule has 0 atom stereocenters. The van der Waals surface area contributed by atoms with E-state index in [1.54, 1.807) is 59.4 Å². The minimum absolute atomic E-state index is 0.133. The number of alkyl carbamates (subject to hydrolysis) is 1. The fourth-order valence-electron chi connectivity index (χ4n) is 3.46. The molecule has 1 amide bonds. The van der Waals surface area contributed by atoms with Crippen LogP contribution in [0.15, 0.2) is 53.6 Å². The van der Waals surface area contributed by atoms with Gasteiger partial charge in [0.2, 0.25) is 5.95 Å². The molecule has 1 heterocycles. The third kappa shape index (κ3) is 9.58. The van der Waals surface area contributed by atoms with Gasteiger partial charge in [-0.2, -0.15) is 20.3 Å². The Morgan fingerprint density at radius 3 is 2.22 bits per heavy atom. The minimum atomic E-state index is -0.730. The van der Waals surface area contributed by atoms with E-state index in [-0.39, 0.29) is 29.7 Å². The summed E-state index contributed by atoms with van der Waals surface area (Å²) in [5.74, 6) is 1.69. The lowest BCUT2D eigenvalue weighted by molar-refractivity contribution is 0.0477. The number of nitrogens with zero attached hydrogens (tertiary/aromatic N) is 4. The molecule has 0 fully saturated rings. The van der Waals surface area contributed by atoms with Gasteiger partial charge in [-0.1, -0.05) is 30.3 Å². The third-order valence-corrected chi connectivity index (χ3v) is 5.35. The van der Waals surface area contributed by atoms with Crippen molar-refractivity contribution in [1.29, 1.82) is 5.26 Å². The molecule has 0 spiro atoms. The Hall–Kier alpha value is -5.05. The van der Waals surface area contributed by atoms with Crippen LogP contribution in [0.5, 0.6) is 11.5 Å². The zero-order chi connectivity index (χ0) is 30.0. The van der Waals surface area contributed by atoms with E-state index in [0.29, 0.717) is 17.2 Å². The molecule has 41 heavy (non-hydrogen) atoms. The highest BCUT2D eigenvalue weighted by molar-refractivity contribution is 5.80. The van der Waals surface area contributed by atoms with Crippen molar-refractivity contribution in [2.45, 2.75) is 45.8 Å². The van der Waals surface area contributed by atoms with Crippen LogP contribution in [0.25, 0.3) is 0 Å². The lowest BCUT2D eigenvalue weighted by Crippen LogP contribution is -2.50. The molecular weight excluding hydrogens is 524 g/mol. The number of nitriles is 1. The Morgan fingerprint density at radius 2 is 1.63 bits per heavy atom. The molecule has 216 valence electrons. The molecule has 0 radical (unpaired) electrons. The summed E-state index contributed by atoms with van der Waals surface area (Å²) in [7, 11) is 3.09. The first-order chi connectivity index (χ1) is 19.4. The standard InChI is InChI=1S/C29H36N8O4/c1-28(2,3)41-27(38)36-29(4,5)18-31-26-34-24(33-20-13-21(39-6)15-22(14-20)40-7)23(16-30)25(35-26)37-32-17-19-11-9-8-10-12-19/h8-15,17H,18H2,1-7H3,(H,36,38)(H3,31,33,34,35,37). The number of hydrogen-bond donors (Lipinski definition) is 4. The number of amides is 1. The summed E-state index contributed by atoms with van der Waals surface area (Å²) in [6.45, 7) is 9.30. The number of methoxy groups -OCH3 is 2. The Morgan fingerprint density at radius 1 is 1.00 bits per heavy atom. The summed E-state index contributed by atoms with van der Waals surface area (Å²) < 4.78 is 16.1. The van der Waals surface area contributed by atoms with Crippen LogP contribution in [0, 0.1) is 11.3 Å². The summed E-state index contributed by atoms with van der Waals surface area (Å²) in [5.41, 5.74) is 3.07. The van der Waals surface area contributed by atoms with Gasteiger partial charge in [0.05, 0.1) is 26.0 Å². The molecule has 0 unspecified atom stereocenters. The first-order valence-electron chi connectivity index (χ1n) is 12.8. The van der Waals surface area contributed by atoms with Crippen molar-refractivity contribution in [3.8, 4) is 17.6 Å². The average molecular weight is 561 g/mol. The van der Waals surface area contributed by atoms with Crippen LogP contribution in [0.2, 0.25) is 0 Å². The van der Waals surface area contributed by atoms with E-state index in [0.717, 1.165) is 5.56 Å². The number of rotatable bonds is 11. The maximum atomic E-state index is 12.3. The Balaban J connectivity index is 1.93. The number of hydrazone groups is 1. The largest absolute Gasteiger partial charge is 0.497 e. The number of ether oxygens (including phenoxy) is 3. The lowest BCUT2D eigenvalue weighted by atomic mass is 10.1. The Kier molecular flexibility index (Phi) is 9.92. The maximum Gasteiger partial charge on any atom is 0.408 e. The van der Waals surface area contributed by atoms with Crippen LogP contribution in [0.3, 0.4) is 0 Å². The van der Waals surface area contributed by atoms with Crippen LogP contribution in [-0.4, -0.2) is 54.2 Å². The molecule has 4 N–H and O–H groups in total. The molecule has 3 rings (SSSR count). The highest BCUT2D eigenvalue weighted by Crippen LogP contribution is 2.30. The summed E-state index contributed by atoms with van der Waals surface area (Å²) >= 11 is 0. The van der Waals surface area contributed by atoms with Gasteiger partial charge in [0.1, 0.15) is 28.7 Å². The normalized spacial score (nSPS) is 11.4. The van der Waals surface area contributed by atoms with Crippen molar-refractivity contribution >= 4 is 35.6 Å². The zero-order valence-electron chi connectivity index (χ0n) is 24.3. The number of benzene rings is 2. The van der Waals surface area contributed by atoms with Crippen molar-refractivity contribution in [2.24, 2.45) is 5.10 Å². The predicted octanol–water partition coefficient (Wildman–Crippen LogP) is 5.27. The highest BCUT2D eigenvalue weighted by Gasteiger charge is 2.25. The fourth-order valence-corrected chi connectivity index (χ4v) is 3.46. The number of carbonyl (C=O) groups is 1. The molecule has 0 saturated carbocycles. The smallest absolute Gasteiger partial charge is 0.408 e. The van der Waals surface area contributed by atoms with E-state index in [4.69, 9.17) is 14.2 Å². The van der Waals surface area contributed by atoms with Gasteiger partial charge in [-0.15, -0.1) is 0 Å². The first kappa shape index (κ1) is 30.5. The minimum Gasteiger partial charge on any atom is -0.497 e. The van der Waals surface area contributed by atoms with Crippen molar-refractivity contribution in [3.05, 3.63) is 59.7 Å². The second kappa shape index (κ2) is 13.3. The second-order valence-corrected chi connectivity index (χ2v) is 10.6. The highest BCUT2D eigenvalue weighted by atomic mass is 16.6. The summed E-state index contributed by atoms with van der Waals surface area (Å²) in [6.07, 6.45) is 1.07. The van der Waals surface area contributed by atoms with E-state index in [1.807, 2.05) is 44.2 Å². The van der Waals surface area contributed by atoms with Crippen LogP contribution in [-0.2, 0) is 4.74 Å². The molecule has 0 aliphatic heterocycles. The van der Waals surface area contributed by atoms with Gasteiger partial charge in [0.15, 0.2) is 11.6 Å². The van der Waals surface area contributed by atoms with Gasteiger partial charge in [-0.25, -0.2) is 4.79 Å². The van der Waals surface area contributed by atoms with Crippen LogP contribution >= 0.6 is 0 Å². The Labute approximate surface area is 240 Å². The number of aromatic nitrogens is 2. The van der Waals surface area contributed by atoms with Gasteiger partial charge in [-0.3, -0.25) is 5.43 Å². The van der Waals surface area contributed by atoms with Gasteiger partial charge < -0.3 is 30.2 Å². The third-order valence-electron chi connectivity index (χ3n) is 5.35. The van der Waals surface area contributed by atoms with Crippen LogP contribution in [0.1, 0.15) is 45.7 Å². The molecule has 3 aromatic rings. The lowest BCUT2D eigenvalue weighted by Gasteiger charge is -2.29. The van der Waals surface area contributed by atoms with Gasteiger partial charge in [0.25, 0.3) is 0 Å². The summed E-state index contributed by atoms with van der Waals surface area (Å²) in [5, 5.41) is 23.4. The molecule has 0 aliphatic carbocycles. The zero-order valence-corrected chi connectivity index (χ0v) is 24.3. The first-order valence-corrected chi connectivity index (χ1v) is 12.8. The summed E-state index contributed by atoms with van der Waals surface area (Å²) in [4.78, 5) is 21.4. The molecule has 0 saturated heterocycles. The fraction of sp³-hybridized carbons (Fsp3) is 0.345. The van der Waals surface area contributed by atoms with Gasteiger partial charge in [-0.05, 0) is 40.2 Å². The number of anilines is 4. The van der Waals surface area contributed by atoms with E-state index in [1.165, 1.54) is 0 Å². The van der Waals surface area contributed by atoms with Crippen molar-refractivity contribution in [1.82, 2.24) is 15.3 Å². The summed E-state index contributed by atoms with van der Waals surface area (Å²) in [6, 6.07) is 16.9. The van der Waals surface area contributed by atoms with Crippen LogP contribution in [0.4, 0.5) is 28.1 Å². The number of carbonyl (C=O) groups excluding carboxylic acids is 1. The Bertz CT molecular complexity index is 1390. The topological polar surface area (TPSA) is 155 Å². The average Bonchev–Trinajstić information content (AvgIpc) is 2.91.